The van der Waals surface area contributed by atoms with Gasteiger partial charge in [-0.15, -0.1) is 0 Å². The predicted octanol–water partition coefficient (Wildman–Crippen LogP) is 1.77. The Morgan fingerprint density at radius 3 is 1.41 bits per heavy atom. The van der Waals surface area contributed by atoms with Crippen LogP contribution in [0.3, 0.4) is 0 Å². The lowest BCUT2D eigenvalue weighted by molar-refractivity contribution is -0.136. The molecule has 5 heteroatoms. The van der Waals surface area contributed by atoms with E-state index in [-0.39, 0.29) is 5.97 Å². The van der Waals surface area contributed by atoms with Crippen molar-refractivity contribution in [2.24, 2.45) is 0 Å². The molecule has 0 aromatic carbocycles. The summed E-state index contributed by atoms with van der Waals surface area (Å²) in [6.45, 7) is 6.77. The van der Waals surface area contributed by atoms with Gasteiger partial charge in [0, 0.05) is 18.3 Å². The lowest BCUT2D eigenvalue weighted by Gasteiger charge is -1.93. The highest BCUT2D eigenvalue weighted by Crippen LogP contribution is 1.92. The summed E-state index contributed by atoms with van der Waals surface area (Å²) in [5.74, 6) is -1.10. The zero-order chi connectivity index (χ0) is 14.4. The Hall–Kier alpha value is -1.62. The molecule has 0 saturated heterocycles. The number of carboxylic acids is 1. The number of hydrogen-bond donors (Lipinski definition) is 2. The number of carboxylic acid groups (broad SMARTS) is 1. The van der Waals surface area contributed by atoms with Gasteiger partial charge in [0.1, 0.15) is 0 Å². The number of hydrogen-bond acceptors (Lipinski definition) is 4. The van der Waals surface area contributed by atoms with Crippen LogP contribution in [0.15, 0.2) is 23.3 Å². The molecular weight excluding hydrogens is 224 g/mol. The molecule has 0 fully saturated rings. The van der Waals surface area contributed by atoms with E-state index >= 15 is 0 Å². The standard InChI is InChI=1S/C6H10O2.C5H8O2.CH4O/c1-4-5(2)6(7)8-3;1-3-4(2)5(6)7;1-2/h4H,1-3H3;3H,1-2H3,(H,6,7);2H,1H3/b5-4+;4-3+;. The molecule has 0 aliphatic heterocycles. The van der Waals surface area contributed by atoms with Gasteiger partial charge in [0.2, 0.25) is 0 Å². The summed E-state index contributed by atoms with van der Waals surface area (Å²) in [6, 6.07) is 0. The van der Waals surface area contributed by atoms with Crippen LogP contribution in [0.25, 0.3) is 0 Å². The van der Waals surface area contributed by atoms with Gasteiger partial charge in [-0.1, -0.05) is 12.2 Å². The van der Waals surface area contributed by atoms with Crippen molar-refractivity contribution >= 4 is 11.9 Å². The average molecular weight is 246 g/mol. The van der Waals surface area contributed by atoms with E-state index in [1.807, 2.05) is 0 Å². The fourth-order valence-electron chi connectivity index (χ4n) is 0.402. The topological polar surface area (TPSA) is 83.8 Å². The normalized spacial score (nSPS) is 10.3. The Morgan fingerprint density at radius 1 is 1.00 bits per heavy atom. The van der Waals surface area contributed by atoms with E-state index in [1.54, 1.807) is 39.8 Å². The molecule has 0 unspecified atom stereocenters. The summed E-state index contributed by atoms with van der Waals surface area (Å²) < 4.78 is 4.40. The van der Waals surface area contributed by atoms with Gasteiger partial charge in [-0.3, -0.25) is 0 Å². The molecule has 0 amide bonds. The molecule has 0 spiro atoms. The molecule has 17 heavy (non-hydrogen) atoms. The molecule has 0 aliphatic carbocycles. The highest BCUT2D eigenvalue weighted by molar-refractivity contribution is 5.87. The van der Waals surface area contributed by atoms with E-state index in [0.29, 0.717) is 11.1 Å². The number of aliphatic carboxylic acids is 1. The lowest BCUT2D eigenvalue weighted by atomic mass is 10.3. The van der Waals surface area contributed by atoms with E-state index in [0.717, 1.165) is 7.11 Å². The number of aliphatic hydroxyl groups excluding tert-OH is 1. The molecule has 2 N–H and O–H groups in total. The van der Waals surface area contributed by atoms with Crippen molar-refractivity contribution in [3.8, 4) is 0 Å². The first-order chi connectivity index (χ1) is 7.90. The molecule has 5 nitrogen and oxygen atoms in total. The molecule has 0 heterocycles. The fraction of sp³-hybridized carbons (Fsp3) is 0.500. The number of esters is 1. The first kappa shape index (κ1) is 20.8. The van der Waals surface area contributed by atoms with Crippen molar-refractivity contribution in [2.75, 3.05) is 14.2 Å². The van der Waals surface area contributed by atoms with E-state index in [9.17, 15) is 9.59 Å². The maximum absolute atomic E-state index is 10.5. The second-order valence-electron chi connectivity index (χ2n) is 2.74. The minimum Gasteiger partial charge on any atom is -0.478 e. The van der Waals surface area contributed by atoms with Crippen LogP contribution in [0, 0.1) is 0 Å². The summed E-state index contributed by atoms with van der Waals surface area (Å²) in [4.78, 5) is 20.3. The molecule has 0 aliphatic rings. The van der Waals surface area contributed by atoms with Crippen molar-refractivity contribution in [2.45, 2.75) is 27.7 Å². The number of methoxy groups -OCH3 is 1. The van der Waals surface area contributed by atoms with Crippen LogP contribution in [-0.4, -0.2) is 36.4 Å². The Labute approximate surface area is 102 Å². The number of allylic oxidation sites excluding steroid dienone is 2. The van der Waals surface area contributed by atoms with Gasteiger partial charge in [-0.05, 0) is 27.7 Å². The van der Waals surface area contributed by atoms with Crippen LogP contribution in [0.5, 0.6) is 0 Å². The van der Waals surface area contributed by atoms with Gasteiger partial charge in [0.25, 0.3) is 0 Å². The Bertz CT molecular complexity index is 277. The third-order valence-electron chi connectivity index (χ3n) is 1.71. The molecule has 0 bridgehead atoms. The van der Waals surface area contributed by atoms with E-state index in [2.05, 4.69) is 4.74 Å². The maximum atomic E-state index is 10.5. The predicted molar refractivity (Wildman–Crippen MR) is 66.7 cm³/mol. The minimum atomic E-state index is -0.845. The first-order valence-electron chi connectivity index (χ1n) is 4.92. The molecule has 100 valence electrons. The second-order valence-corrected chi connectivity index (χ2v) is 2.74. The van der Waals surface area contributed by atoms with Gasteiger partial charge >= 0.3 is 11.9 Å². The zero-order valence-electron chi connectivity index (χ0n) is 11.3. The van der Waals surface area contributed by atoms with E-state index in [4.69, 9.17) is 10.2 Å². The van der Waals surface area contributed by atoms with Crippen molar-refractivity contribution < 1.29 is 24.5 Å². The molecule has 0 saturated carbocycles. The SMILES string of the molecule is C/C=C(\C)C(=O)O.C/C=C(\C)C(=O)OC.CO. The summed E-state index contributed by atoms with van der Waals surface area (Å²) in [5.41, 5.74) is 1.03. The smallest absolute Gasteiger partial charge is 0.333 e. The van der Waals surface area contributed by atoms with Gasteiger partial charge in [0.05, 0.1) is 7.11 Å². The van der Waals surface area contributed by atoms with Gasteiger partial charge in [-0.25, -0.2) is 9.59 Å². The lowest BCUT2D eigenvalue weighted by Crippen LogP contribution is -2.00. The second kappa shape index (κ2) is 14.4. The van der Waals surface area contributed by atoms with E-state index in [1.165, 1.54) is 7.11 Å². The first-order valence-corrected chi connectivity index (χ1v) is 4.92. The van der Waals surface area contributed by atoms with Gasteiger partial charge in [0.15, 0.2) is 0 Å². The highest BCUT2D eigenvalue weighted by atomic mass is 16.5. The highest BCUT2D eigenvalue weighted by Gasteiger charge is 1.98. The molecule has 0 atom stereocenters. The van der Waals surface area contributed by atoms with E-state index < -0.39 is 5.97 Å². The average Bonchev–Trinajstić information content (AvgIpc) is 2.38. The Kier molecular flexibility index (Phi) is 17.6. The maximum Gasteiger partial charge on any atom is 0.333 e. The summed E-state index contributed by atoms with van der Waals surface area (Å²) in [5, 5.41) is 15.1. The quantitative estimate of drug-likeness (QED) is 0.573. The zero-order valence-corrected chi connectivity index (χ0v) is 11.3. The molecule has 0 radical (unpaired) electrons. The Balaban J connectivity index is -0.000000202. The summed E-state index contributed by atoms with van der Waals surface area (Å²) in [7, 11) is 2.37. The monoisotopic (exact) mass is 246 g/mol. The van der Waals surface area contributed by atoms with Crippen LogP contribution in [0.4, 0.5) is 0 Å². The minimum absolute atomic E-state index is 0.257. The fourth-order valence-corrected chi connectivity index (χ4v) is 0.402. The third-order valence-corrected chi connectivity index (χ3v) is 1.71. The largest absolute Gasteiger partial charge is 0.478 e. The molecule has 0 aromatic rings. The van der Waals surface area contributed by atoms with Crippen molar-refractivity contribution in [3.63, 3.8) is 0 Å². The van der Waals surface area contributed by atoms with Crippen LogP contribution >= 0.6 is 0 Å². The third kappa shape index (κ3) is 14.4. The Morgan fingerprint density at radius 2 is 1.35 bits per heavy atom. The van der Waals surface area contributed by atoms with Crippen LogP contribution in [0.1, 0.15) is 27.7 Å². The number of rotatable bonds is 2. The van der Waals surface area contributed by atoms with Crippen molar-refractivity contribution in [1.29, 1.82) is 0 Å². The molecule has 0 rings (SSSR count). The van der Waals surface area contributed by atoms with Crippen molar-refractivity contribution in [1.82, 2.24) is 0 Å². The van der Waals surface area contributed by atoms with Gasteiger partial charge in [-0.2, -0.15) is 0 Å². The molecule has 0 aromatic heterocycles. The molecular formula is C12H22O5. The number of aliphatic hydroxyl groups is 1. The number of carbonyl (C=O) groups is 2. The summed E-state index contributed by atoms with van der Waals surface area (Å²) in [6.07, 6.45) is 3.27. The van der Waals surface area contributed by atoms with Gasteiger partial charge < -0.3 is 14.9 Å². The van der Waals surface area contributed by atoms with Crippen LogP contribution in [0.2, 0.25) is 0 Å². The summed E-state index contributed by atoms with van der Waals surface area (Å²) >= 11 is 0. The van der Waals surface area contributed by atoms with Crippen LogP contribution < -0.4 is 0 Å². The number of ether oxygens (including phenoxy) is 1. The van der Waals surface area contributed by atoms with Crippen molar-refractivity contribution in [3.05, 3.63) is 23.3 Å². The number of carbonyl (C=O) groups excluding carboxylic acids is 1. The van der Waals surface area contributed by atoms with Crippen LogP contribution in [-0.2, 0) is 14.3 Å².